The second kappa shape index (κ2) is 4.85. The lowest BCUT2D eigenvalue weighted by atomic mass is 10.2. The number of ether oxygens (including phenoxy) is 2. The van der Waals surface area contributed by atoms with Gasteiger partial charge in [0.15, 0.2) is 5.79 Å². The SMILES string of the molecule is CC1(C)OCC(CCn2cc(CBr)cn2)O1. The molecule has 1 aliphatic heterocycles. The van der Waals surface area contributed by atoms with E-state index in [1.807, 2.05) is 24.7 Å². The van der Waals surface area contributed by atoms with Crippen molar-refractivity contribution >= 4 is 15.9 Å². The highest BCUT2D eigenvalue weighted by Crippen LogP contribution is 2.24. The standard InChI is InChI=1S/C11H17BrN2O2/c1-11(2)15-8-10(16-11)3-4-14-7-9(5-12)6-13-14/h6-7,10H,3-5,8H2,1-2H3. The van der Waals surface area contributed by atoms with Gasteiger partial charge in [-0.1, -0.05) is 15.9 Å². The molecule has 2 heterocycles. The average molecular weight is 289 g/mol. The van der Waals surface area contributed by atoms with Gasteiger partial charge in [0.25, 0.3) is 0 Å². The summed E-state index contributed by atoms with van der Waals surface area (Å²) >= 11 is 3.41. The van der Waals surface area contributed by atoms with E-state index in [2.05, 4.69) is 27.2 Å². The predicted octanol–water partition coefficient (Wildman–Crippen LogP) is 2.32. The molecule has 16 heavy (non-hydrogen) atoms. The van der Waals surface area contributed by atoms with E-state index in [1.54, 1.807) is 0 Å². The number of nitrogens with zero attached hydrogens (tertiary/aromatic N) is 2. The fourth-order valence-corrected chi connectivity index (χ4v) is 2.07. The highest BCUT2D eigenvalue weighted by atomic mass is 79.9. The van der Waals surface area contributed by atoms with Crippen LogP contribution in [0.4, 0.5) is 0 Å². The molecule has 1 saturated heterocycles. The molecule has 90 valence electrons. The molecule has 0 amide bonds. The molecule has 0 aliphatic carbocycles. The monoisotopic (exact) mass is 288 g/mol. The topological polar surface area (TPSA) is 36.3 Å². The van der Waals surface area contributed by atoms with E-state index in [-0.39, 0.29) is 6.10 Å². The molecule has 1 unspecified atom stereocenters. The molecular weight excluding hydrogens is 272 g/mol. The van der Waals surface area contributed by atoms with Crippen LogP contribution in [0.25, 0.3) is 0 Å². The molecule has 4 nitrogen and oxygen atoms in total. The number of alkyl halides is 1. The second-order valence-corrected chi connectivity index (χ2v) is 5.05. The maximum atomic E-state index is 5.73. The summed E-state index contributed by atoms with van der Waals surface area (Å²) < 4.78 is 13.2. The van der Waals surface area contributed by atoms with E-state index >= 15 is 0 Å². The molecule has 0 spiro atoms. The van der Waals surface area contributed by atoms with Crippen LogP contribution in [-0.2, 0) is 21.3 Å². The first kappa shape index (κ1) is 12.1. The Morgan fingerprint density at radius 3 is 3.00 bits per heavy atom. The summed E-state index contributed by atoms with van der Waals surface area (Å²) in [7, 11) is 0. The van der Waals surface area contributed by atoms with Gasteiger partial charge in [0.1, 0.15) is 0 Å². The van der Waals surface area contributed by atoms with E-state index < -0.39 is 5.79 Å². The van der Waals surface area contributed by atoms with Crippen molar-refractivity contribution in [1.82, 2.24) is 9.78 Å². The molecule has 1 atom stereocenters. The number of rotatable bonds is 4. The first-order valence-electron chi connectivity index (χ1n) is 5.48. The van der Waals surface area contributed by atoms with Crippen LogP contribution in [0.1, 0.15) is 25.8 Å². The summed E-state index contributed by atoms with van der Waals surface area (Å²) in [5.74, 6) is -0.421. The largest absolute Gasteiger partial charge is 0.348 e. The zero-order valence-corrected chi connectivity index (χ0v) is 11.2. The van der Waals surface area contributed by atoms with Gasteiger partial charge in [-0.05, 0) is 20.3 Å². The Hall–Kier alpha value is -0.390. The smallest absolute Gasteiger partial charge is 0.163 e. The second-order valence-electron chi connectivity index (χ2n) is 4.48. The summed E-state index contributed by atoms with van der Waals surface area (Å²) in [6.45, 7) is 5.45. The van der Waals surface area contributed by atoms with Gasteiger partial charge < -0.3 is 9.47 Å². The van der Waals surface area contributed by atoms with Gasteiger partial charge in [-0.2, -0.15) is 5.10 Å². The Kier molecular flexibility index (Phi) is 3.66. The van der Waals surface area contributed by atoms with E-state index in [0.717, 1.165) is 18.3 Å². The molecule has 1 aromatic heterocycles. The molecule has 0 aromatic carbocycles. The van der Waals surface area contributed by atoms with Gasteiger partial charge in [0.2, 0.25) is 0 Å². The Labute approximate surface area is 104 Å². The molecule has 5 heteroatoms. The highest BCUT2D eigenvalue weighted by molar-refractivity contribution is 9.08. The molecule has 0 radical (unpaired) electrons. The van der Waals surface area contributed by atoms with E-state index in [0.29, 0.717) is 6.61 Å². The fraction of sp³-hybridized carbons (Fsp3) is 0.727. The van der Waals surface area contributed by atoms with Crippen molar-refractivity contribution in [2.75, 3.05) is 6.61 Å². The van der Waals surface area contributed by atoms with Gasteiger partial charge in [-0.3, -0.25) is 4.68 Å². The summed E-state index contributed by atoms with van der Waals surface area (Å²) in [5, 5.41) is 5.12. The minimum atomic E-state index is -0.421. The highest BCUT2D eigenvalue weighted by Gasteiger charge is 2.32. The quantitative estimate of drug-likeness (QED) is 0.798. The Balaban J connectivity index is 1.80. The number of hydrogen-bond acceptors (Lipinski definition) is 3. The molecule has 1 fully saturated rings. The molecule has 1 aliphatic rings. The van der Waals surface area contributed by atoms with Crippen LogP contribution in [-0.4, -0.2) is 28.3 Å². The van der Waals surface area contributed by atoms with Crippen LogP contribution < -0.4 is 0 Å². The Morgan fingerprint density at radius 2 is 2.44 bits per heavy atom. The van der Waals surface area contributed by atoms with Gasteiger partial charge in [0, 0.05) is 23.6 Å². The minimum Gasteiger partial charge on any atom is -0.348 e. The number of halogens is 1. The summed E-state index contributed by atoms with van der Waals surface area (Å²) in [5.41, 5.74) is 1.20. The number of aromatic nitrogens is 2. The van der Waals surface area contributed by atoms with Gasteiger partial charge >= 0.3 is 0 Å². The Morgan fingerprint density at radius 1 is 1.62 bits per heavy atom. The summed E-state index contributed by atoms with van der Waals surface area (Å²) in [6, 6.07) is 0. The number of aryl methyl sites for hydroxylation is 1. The van der Waals surface area contributed by atoms with Gasteiger partial charge in [-0.15, -0.1) is 0 Å². The minimum absolute atomic E-state index is 0.187. The average Bonchev–Trinajstić information content (AvgIpc) is 2.81. The summed E-state index contributed by atoms with van der Waals surface area (Å²) in [4.78, 5) is 0. The summed E-state index contributed by atoms with van der Waals surface area (Å²) in [6.07, 6.45) is 5.05. The van der Waals surface area contributed by atoms with Crippen molar-refractivity contribution in [3.63, 3.8) is 0 Å². The molecule has 2 rings (SSSR count). The zero-order valence-electron chi connectivity index (χ0n) is 9.65. The third-order valence-corrected chi connectivity index (χ3v) is 3.24. The molecular formula is C11H17BrN2O2. The van der Waals surface area contributed by atoms with E-state index in [9.17, 15) is 0 Å². The van der Waals surface area contributed by atoms with Crippen molar-refractivity contribution in [3.8, 4) is 0 Å². The molecule has 0 N–H and O–H groups in total. The van der Waals surface area contributed by atoms with E-state index in [1.165, 1.54) is 5.56 Å². The Bertz CT molecular complexity index is 352. The van der Waals surface area contributed by atoms with Crippen molar-refractivity contribution in [1.29, 1.82) is 0 Å². The third kappa shape index (κ3) is 3.06. The van der Waals surface area contributed by atoms with Crippen molar-refractivity contribution in [3.05, 3.63) is 18.0 Å². The molecule has 0 saturated carbocycles. The van der Waals surface area contributed by atoms with E-state index in [4.69, 9.17) is 9.47 Å². The van der Waals surface area contributed by atoms with Gasteiger partial charge in [-0.25, -0.2) is 0 Å². The fourth-order valence-electron chi connectivity index (χ4n) is 1.78. The number of hydrogen-bond donors (Lipinski definition) is 0. The van der Waals surface area contributed by atoms with Gasteiger partial charge in [0.05, 0.1) is 18.9 Å². The van der Waals surface area contributed by atoms with Crippen LogP contribution in [0.3, 0.4) is 0 Å². The van der Waals surface area contributed by atoms with Crippen molar-refractivity contribution in [2.24, 2.45) is 0 Å². The predicted molar refractivity (Wildman–Crippen MR) is 64.4 cm³/mol. The van der Waals surface area contributed by atoms with Crippen LogP contribution in [0.15, 0.2) is 12.4 Å². The van der Waals surface area contributed by atoms with Crippen LogP contribution >= 0.6 is 15.9 Å². The maximum absolute atomic E-state index is 5.73. The van der Waals surface area contributed by atoms with Crippen LogP contribution in [0, 0.1) is 0 Å². The molecule has 0 bridgehead atoms. The normalized spacial score (nSPS) is 23.8. The first-order valence-corrected chi connectivity index (χ1v) is 6.60. The van der Waals surface area contributed by atoms with Crippen LogP contribution in [0.2, 0.25) is 0 Å². The third-order valence-electron chi connectivity index (χ3n) is 2.59. The lowest BCUT2D eigenvalue weighted by molar-refractivity contribution is -0.139. The van der Waals surface area contributed by atoms with Crippen molar-refractivity contribution in [2.45, 2.75) is 44.0 Å². The first-order chi connectivity index (χ1) is 7.59. The van der Waals surface area contributed by atoms with Crippen LogP contribution in [0.5, 0.6) is 0 Å². The lowest BCUT2D eigenvalue weighted by Gasteiger charge is -2.16. The zero-order chi connectivity index (χ0) is 11.6. The maximum Gasteiger partial charge on any atom is 0.163 e. The lowest BCUT2D eigenvalue weighted by Crippen LogP contribution is -2.22. The molecule has 1 aromatic rings. The van der Waals surface area contributed by atoms with Crippen molar-refractivity contribution < 1.29 is 9.47 Å².